The van der Waals surface area contributed by atoms with Gasteiger partial charge >= 0.3 is 12.8 Å². The predicted molar refractivity (Wildman–Crippen MR) is 89.7 cm³/mol. The molecule has 2 aromatic rings. The van der Waals surface area contributed by atoms with Crippen molar-refractivity contribution in [2.45, 2.75) is 32.2 Å². The summed E-state index contributed by atoms with van der Waals surface area (Å²) in [5.41, 5.74) is 1.01. The molecule has 2 aromatic carbocycles. The highest BCUT2D eigenvalue weighted by Crippen LogP contribution is 2.35. The Labute approximate surface area is 165 Å². The molecule has 0 N–H and O–H groups in total. The van der Waals surface area contributed by atoms with Gasteiger partial charge in [0.2, 0.25) is 0 Å². The van der Waals surface area contributed by atoms with Crippen LogP contribution in [0.4, 0.5) is 26.3 Å². The zero-order valence-corrected chi connectivity index (χ0v) is 15.1. The Hall–Kier alpha value is -2.62. The van der Waals surface area contributed by atoms with Gasteiger partial charge in [0.1, 0.15) is 11.5 Å². The number of ether oxygens (including phenoxy) is 2. The number of carbonyl (C=O) groups is 1. The molecule has 11 heteroatoms. The summed E-state index contributed by atoms with van der Waals surface area (Å²) in [6, 6.07) is 7.27. The monoisotopic (exact) mass is 439 g/mol. The Morgan fingerprint density at radius 1 is 1.07 bits per heavy atom. The molecule has 0 fully saturated rings. The second kappa shape index (κ2) is 8.02. The van der Waals surface area contributed by atoms with Crippen LogP contribution in [0, 0.1) is 0 Å². The SMILES string of the molecule is O=C1c2c(Cl)cc(OC(F)C(F)F)cc2CN1Cc1ccc(OC(F)(F)F)cc1. The van der Waals surface area contributed by atoms with Crippen LogP contribution in [-0.2, 0) is 13.1 Å². The van der Waals surface area contributed by atoms with Crippen LogP contribution in [0.5, 0.6) is 11.5 Å². The Kier molecular flexibility index (Phi) is 5.83. The molecule has 0 aromatic heterocycles. The van der Waals surface area contributed by atoms with E-state index in [0.717, 1.165) is 18.2 Å². The van der Waals surface area contributed by atoms with Gasteiger partial charge in [-0.05, 0) is 35.4 Å². The molecule has 156 valence electrons. The Morgan fingerprint density at radius 2 is 1.72 bits per heavy atom. The number of alkyl halides is 6. The minimum Gasteiger partial charge on any atom is -0.454 e. The van der Waals surface area contributed by atoms with Gasteiger partial charge in [-0.3, -0.25) is 4.79 Å². The lowest BCUT2D eigenvalue weighted by Gasteiger charge is -2.16. The maximum atomic E-state index is 13.1. The molecule has 1 unspecified atom stereocenters. The van der Waals surface area contributed by atoms with Gasteiger partial charge in [-0.1, -0.05) is 23.7 Å². The molecule has 4 nitrogen and oxygen atoms in total. The summed E-state index contributed by atoms with van der Waals surface area (Å²) in [4.78, 5) is 13.9. The molecule has 0 saturated carbocycles. The first kappa shape index (κ1) is 21.1. The number of hydrogen-bond acceptors (Lipinski definition) is 3. The lowest BCUT2D eigenvalue weighted by Crippen LogP contribution is -2.23. The van der Waals surface area contributed by atoms with Crippen molar-refractivity contribution in [1.82, 2.24) is 4.90 Å². The van der Waals surface area contributed by atoms with E-state index in [1.807, 2.05) is 0 Å². The first-order chi connectivity index (χ1) is 13.5. The van der Waals surface area contributed by atoms with Gasteiger partial charge in [-0.15, -0.1) is 13.2 Å². The standard InChI is InChI=1S/C18H12ClF6NO3/c19-13-6-12(28-16(22)15(20)21)5-10-8-26(17(27)14(10)13)7-9-1-3-11(4-2-9)29-18(23,24)25/h1-6,15-16H,7-8H2. The van der Waals surface area contributed by atoms with Gasteiger partial charge in [0.15, 0.2) is 0 Å². The van der Waals surface area contributed by atoms with E-state index in [-0.39, 0.29) is 29.4 Å². The number of hydrogen-bond donors (Lipinski definition) is 0. The van der Waals surface area contributed by atoms with Gasteiger partial charge in [-0.25, -0.2) is 8.78 Å². The van der Waals surface area contributed by atoms with Crippen LogP contribution in [0.25, 0.3) is 0 Å². The van der Waals surface area contributed by atoms with E-state index in [1.165, 1.54) is 23.1 Å². The van der Waals surface area contributed by atoms with Gasteiger partial charge in [0, 0.05) is 13.1 Å². The molecule has 1 amide bonds. The summed E-state index contributed by atoms with van der Waals surface area (Å²) in [6.45, 7) is 0.0899. The number of amides is 1. The topological polar surface area (TPSA) is 38.8 Å². The highest BCUT2D eigenvalue weighted by atomic mass is 35.5. The van der Waals surface area contributed by atoms with Crippen LogP contribution in [0.2, 0.25) is 5.02 Å². The van der Waals surface area contributed by atoms with E-state index in [2.05, 4.69) is 9.47 Å². The average molecular weight is 440 g/mol. The van der Waals surface area contributed by atoms with Crippen LogP contribution >= 0.6 is 11.6 Å². The maximum Gasteiger partial charge on any atom is 0.573 e. The molecule has 1 atom stereocenters. The van der Waals surface area contributed by atoms with Crippen LogP contribution in [0.15, 0.2) is 36.4 Å². The summed E-state index contributed by atoms with van der Waals surface area (Å²) in [5.74, 6) is -1.11. The molecular weight excluding hydrogens is 428 g/mol. The summed E-state index contributed by atoms with van der Waals surface area (Å²) in [7, 11) is 0. The number of halogens is 7. The Bertz CT molecular complexity index is 904. The summed E-state index contributed by atoms with van der Waals surface area (Å²) in [6.07, 6.45) is -11.0. The molecule has 0 spiro atoms. The van der Waals surface area contributed by atoms with Crippen molar-refractivity contribution < 1.29 is 40.6 Å². The minimum absolute atomic E-state index is 0.0392. The van der Waals surface area contributed by atoms with Crippen molar-refractivity contribution >= 4 is 17.5 Å². The van der Waals surface area contributed by atoms with E-state index in [9.17, 15) is 31.1 Å². The first-order valence-corrected chi connectivity index (χ1v) is 8.46. The van der Waals surface area contributed by atoms with Gasteiger partial charge in [-0.2, -0.15) is 4.39 Å². The zero-order chi connectivity index (χ0) is 21.3. The van der Waals surface area contributed by atoms with Crippen LogP contribution < -0.4 is 9.47 Å². The van der Waals surface area contributed by atoms with E-state index >= 15 is 0 Å². The fourth-order valence-corrected chi connectivity index (χ4v) is 3.14. The molecule has 0 saturated heterocycles. The number of nitrogens with zero attached hydrogens (tertiary/aromatic N) is 1. The Morgan fingerprint density at radius 3 is 2.31 bits per heavy atom. The summed E-state index contributed by atoms with van der Waals surface area (Å²) in [5, 5.41) is -0.0830. The number of benzene rings is 2. The van der Waals surface area contributed by atoms with Crippen molar-refractivity contribution in [3.63, 3.8) is 0 Å². The van der Waals surface area contributed by atoms with Crippen molar-refractivity contribution in [2.24, 2.45) is 0 Å². The lowest BCUT2D eigenvalue weighted by atomic mass is 10.1. The molecule has 0 radical (unpaired) electrons. The zero-order valence-electron chi connectivity index (χ0n) is 14.4. The average Bonchev–Trinajstić information content (AvgIpc) is 2.91. The van der Waals surface area contributed by atoms with E-state index in [1.54, 1.807) is 0 Å². The fourth-order valence-electron chi connectivity index (χ4n) is 2.83. The van der Waals surface area contributed by atoms with E-state index in [4.69, 9.17) is 11.6 Å². The quantitative estimate of drug-likeness (QED) is 0.571. The largest absolute Gasteiger partial charge is 0.573 e. The first-order valence-electron chi connectivity index (χ1n) is 8.09. The second-order valence-electron chi connectivity index (χ2n) is 6.10. The minimum atomic E-state index is -4.81. The molecule has 1 aliphatic heterocycles. The number of carbonyl (C=O) groups excluding carboxylic acids is 1. The highest BCUT2D eigenvalue weighted by molar-refractivity contribution is 6.34. The lowest BCUT2D eigenvalue weighted by molar-refractivity contribution is -0.274. The van der Waals surface area contributed by atoms with Crippen LogP contribution in [-0.4, -0.2) is 30.0 Å². The van der Waals surface area contributed by atoms with Gasteiger partial charge in [0.05, 0.1) is 10.6 Å². The molecule has 0 bridgehead atoms. The van der Waals surface area contributed by atoms with E-state index in [0.29, 0.717) is 11.1 Å². The maximum absolute atomic E-state index is 13.1. The van der Waals surface area contributed by atoms with Gasteiger partial charge < -0.3 is 14.4 Å². The molecule has 3 rings (SSSR count). The van der Waals surface area contributed by atoms with Crippen molar-refractivity contribution in [3.8, 4) is 11.5 Å². The van der Waals surface area contributed by atoms with E-state index < -0.39 is 30.8 Å². The summed E-state index contributed by atoms with van der Waals surface area (Å²) >= 11 is 6.02. The van der Waals surface area contributed by atoms with Gasteiger partial charge in [0.25, 0.3) is 12.3 Å². The molecule has 29 heavy (non-hydrogen) atoms. The summed E-state index contributed by atoms with van der Waals surface area (Å²) < 4.78 is 82.6. The van der Waals surface area contributed by atoms with Crippen molar-refractivity contribution in [3.05, 3.63) is 58.1 Å². The fraction of sp³-hybridized carbons (Fsp3) is 0.278. The van der Waals surface area contributed by atoms with Crippen LogP contribution in [0.1, 0.15) is 21.5 Å². The third kappa shape index (κ3) is 5.06. The van der Waals surface area contributed by atoms with Crippen LogP contribution in [0.3, 0.4) is 0 Å². The van der Waals surface area contributed by atoms with Crippen molar-refractivity contribution in [1.29, 1.82) is 0 Å². The third-order valence-electron chi connectivity index (χ3n) is 3.98. The second-order valence-corrected chi connectivity index (χ2v) is 6.50. The number of rotatable bonds is 6. The number of fused-ring (bicyclic) bond motifs is 1. The normalized spacial score (nSPS) is 14.9. The van der Waals surface area contributed by atoms with Crippen molar-refractivity contribution in [2.75, 3.05) is 0 Å². The molecule has 0 aliphatic carbocycles. The highest BCUT2D eigenvalue weighted by Gasteiger charge is 2.32. The third-order valence-corrected chi connectivity index (χ3v) is 4.28. The molecule has 1 aliphatic rings. The molecule has 1 heterocycles. The smallest absolute Gasteiger partial charge is 0.454 e. The molecular formula is C18H12ClF6NO3. The Balaban J connectivity index is 1.72. The predicted octanol–water partition coefficient (Wildman–Crippen LogP) is 5.33.